The maximum atomic E-state index is 5.73. The van der Waals surface area contributed by atoms with Gasteiger partial charge >= 0.3 is 0 Å². The number of hydrogen-bond acceptors (Lipinski definition) is 4. The Hall–Kier alpha value is -0.780. The fraction of sp³-hybridized carbons (Fsp3) is 0.625. The molecule has 0 aliphatic carbocycles. The van der Waals surface area contributed by atoms with Crippen LogP contribution >= 0.6 is 15.9 Å². The van der Waals surface area contributed by atoms with E-state index in [1.165, 1.54) is 0 Å². The molecule has 0 radical (unpaired) electrons. The standard InChI is InChI=1S/C16H26BrNO3/c1-5-20-16-13(14(17)7-8-15(16)19-4)11-18-9-6-10-21-12(2)3/h7-8,12,18H,5-6,9-11H2,1-4H3. The molecule has 0 heterocycles. The van der Waals surface area contributed by atoms with Gasteiger partial charge in [-0.1, -0.05) is 15.9 Å². The number of nitrogens with one attached hydrogen (secondary N) is 1. The van der Waals surface area contributed by atoms with Gasteiger partial charge in [0.15, 0.2) is 11.5 Å². The largest absolute Gasteiger partial charge is 0.493 e. The van der Waals surface area contributed by atoms with Gasteiger partial charge in [-0.05, 0) is 45.9 Å². The zero-order valence-corrected chi connectivity index (χ0v) is 15.0. The third kappa shape index (κ3) is 6.24. The molecule has 0 saturated carbocycles. The molecule has 4 nitrogen and oxygen atoms in total. The topological polar surface area (TPSA) is 39.7 Å². The van der Waals surface area contributed by atoms with Gasteiger partial charge in [0.25, 0.3) is 0 Å². The van der Waals surface area contributed by atoms with Crippen LogP contribution in [0.4, 0.5) is 0 Å². The Labute approximate surface area is 136 Å². The van der Waals surface area contributed by atoms with Crippen LogP contribution in [0.25, 0.3) is 0 Å². The lowest BCUT2D eigenvalue weighted by molar-refractivity contribution is 0.0770. The van der Waals surface area contributed by atoms with Crippen molar-refractivity contribution in [2.75, 3.05) is 26.9 Å². The van der Waals surface area contributed by atoms with Crippen molar-refractivity contribution in [1.29, 1.82) is 0 Å². The third-order valence-electron chi connectivity index (χ3n) is 2.93. The summed E-state index contributed by atoms with van der Waals surface area (Å²) >= 11 is 3.58. The Morgan fingerprint density at radius 1 is 1.29 bits per heavy atom. The summed E-state index contributed by atoms with van der Waals surface area (Å²) in [7, 11) is 1.66. The van der Waals surface area contributed by atoms with Crippen LogP contribution in [0.1, 0.15) is 32.8 Å². The molecule has 0 aliphatic heterocycles. The lowest BCUT2D eigenvalue weighted by Gasteiger charge is -2.16. The smallest absolute Gasteiger partial charge is 0.166 e. The van der Waals surface area contributed by atoms with Gasteiger partial charge in [-0.25, -0.2) is 0 Å². The minimum absolute atomic E-state index is 0.294. The molecular formula is C16H26BrNO3. The van der Waals surface area contributed by atoms with Gasteiger partial charge in [0, 0.05) is 23.2 Å². The number of rotatable bonds is 10. The highest BCUT2D eigenvalue weighted by molar-refractivity contribution is 9.10. The Kier molecular flexibility index (Phi) is 8.73. The Balaban J connectivity index is 2.56. The molecule has 1 N–H and O–H groups in total. The van der Waals surface area contributed by atoms with Crippen molar-refractivity contribution in [3.63, 3.8) is 0 Å². The second-order valence-electron chi connectivity index (χ2n) is 4.94. The molecule has 5 heteroatoms. The number of halogens is 1. The predicted molar refractivity (Wildman–Crippen MR) is 89.3 cm³/mol. The molecule has 0 aliphatic rings. The van der Waals surface area contributed by atoms with Crippen molar-refractivity contribution in [1.82, 2.24) is 5.32 Å². The number of methoxy groups -OCH3 is 1. The summed E-state index contributed by atoms with van der Waals surface area (Å²) in [5.41, 5.74) is 1.08. The molecule has 0 bridgehead atoms. The van der Waals surface area contributed by atoms with Crippen LogP contribution in [-0.2, 0) is 11.3 Å². The molecule has 1 aromatic carbocycles. The molecule has 1 aromatic rings. The van der Waals surface area contributed by atoms with E-state index in [1.54, 1.807) is 7.11 Å². The van der Waals surface area contributed by atoms with E-state index in [0.29, 0.717) is 12.7 Å². The minimum Gasteiger partial charge on any atom is -0.493 e. The van der Waals surface area contributed by atoms with Gasteiger partial charge in [-0.15, -0.1) is 0 Å². The molecule has 1 rings (SSSR count). The lowest BCUT2D eigenvalue weighted by atomic mass is 10.2. The van der Waals surface area contributed by atoms with Gasteiger partial charge in [-0.3, -0.25) is 0 Å². The molecule has 21 heavy (non-hydrogen) atoms. The van der Waals surface area contributed by atoms with Crippen LogP contribution in [0, 0.1) is 0 Å². The highest BCUT2D eigenvalue weighted by Gasteiger charge is 2.13. The van der Waals surface area contributed by atoms with E-state index in [0.717, 1.165) is 47.7 Å². The first-order chi connectivity index (χ1) is 10.1. The van der Waals surface area contributed by atoms with Gasteiger partial charge in [-0.2, -0.15) is 0 Å². The first-order valence-electron chi connectivity index (χ1n) is 7.40. The highest BCUT2D eigenvalue weighted by Crippen LogP contribution is 2.36. The van der Waals surface area contributed by atoms with Crippen molar-refractivity contribution in [2.24, 2.45) is 0 Å². The molecule has 0 atom stereocenters. The maximum absolute atomic E-state index is 5.73. The number of benzene rings is 1. The van der Waals surface area contributed by atoms with E-state index in [4.69, 9.17) is 14.2 Å². The van der Waals surface area contributed by atoms with Crippen LogP contribution < -0.4 is 14.8 Å². The van der Waals surface area contributed by atoms with Crippen molar-refractivity contribution in [3.05, 3.63) is 22.2 Å². The third-order valence-corrected chi connectivity index (χ3v) is 3.67. The molecule has 0 spiro atoms. The molecule has 0 saturated heterocycles. The van der Waals surface area contributed by atoms with Gasteiger partial charge in [0.1, 0.15) is 0 Å². The van der Waals surface area contributed by atoms with E-state index in [-0.39, 0.29) is 0 Å². The SMILES string of the molecule is CCOc1c(OC)ccc(Br)c1CNCCCOC(C)C. The summed E-state index contributed by atoms with van der Waals surface area (Å²) in [6.07, 6.45) is 1.28. The average Bonchev–Trinajstić information content (AvgIpc) is 2.45. The van der Waals surface area contributed by atoms with Crippen molar-refractivity contribution in [2.45, 2.75) is 39.8 Å². The Morgan fingerprint density at radius 3 is 2.67 bits per heavy atom. The fourth-order valence-electron chi connectivity index (χ4n) is 1.94. The minimum atomic E-state index is 0.294. The summed E-state index contributed by atoms with van der Waals surface area (Å²) in [6.45, 7) is 9.10. The maximum Gasteiger partial charge on any atom is 0.166 e. The van der Waals surface area contributed by atoms with E-state index >= 15 is 0 Å². The summed E-state index contributed by atoms with van der Waals surface area (Å²) < 4.78 is 17.6. The second-order valence-corrected chi connectivity index (χ2v) is 5.79. The normalized spacial score (nSPS) is 11.0. The molecule has 0 amide bonds. The Morgan fingerprint density at radius 2 is 2.05 bits per heavy atom. The zero-order chi connectivity index (χ0) is 15.7. The fourth-order valence-corrected chi connectivity index (χ4v) is 2.39. The summed E-state index contributed by atoms with van der Waals surface area (Å²) in [4.78, 5) is 0. The number of ether oxygens (including phenoxy) is 3. The van der Waals surface area contributed by atoms with Crippen LogP contribution in [-0.4, -0.2) is 33.0 Å². The van der Waals surface area contributed by atoms with Crippen molar-refractivity contribution < 1.29 is 14.2 Å². The lowest BCUT2D eigenvalue weighted by Crippen LogP contribution is -2.18. The van der Waals surface area contributed by atoms with Crippen LogP contribution in [0.5, 0.6) is 11.5 Å². The van der Waals surface area contributed by atoms with Crippen molar-refractivity contribution in [3.8, 4) is 11.5 Å². The van der Waals surface area contributed by atoms with Crippen LogP contribution in [0.3, 0.4) is 0 Å². The summed E-state index contributed by atoms with van der Waals surface area (Å²) in [5, 5.41) is 3.42. The van der Waals surface area contributed by atoms with Gasteiger partial charge in [0.05, 0.1) is 19.8 Å². The molecule has 0 unspecified atom stereocenters. The first kappa shape index (κ1) is 18.3. The van der Waals surface area contributed by atoms with Gasteiger partial charge in [0.2, 0.25) is 0 Å². The Bertz CT molecular complexity index is 424. The quantitative estimate of drug-likeness (QED) is 0.645. The van der Waals surface area contributed by atoms with E-state index in [9.17, 15) is 0 Å². The molecule has 0 aromatic heterocycles. The predicted octanol–water partition coefficient (Wildman–Crippen LogP) is 3.76. The van der Waals surface area contributed by atoms with E-state index in [1.807, 2.05) is 19.1 Å². The molecule has 120 valence electrons. The molecule has 0 fully saturated rings. The molecular weight excluding hydrogens is 334 g/mol. The average molecular weight is 360 g/mol. The van der Waals surface area contributed by atoms with Crippen molar-refractivity contribution >= 4 is 15.9 Å². The first-order valence-corrected chi connectivity index (χ1v) is 8.19. The van der Waals surface area contributed by atoms with Gasteiger partial charge < -0.3 is 19.5 Å². The second kappa shape index (κ2) is 10.0. The summed E-state index contributed by atoms with van der Waals surface area (Å²) in [6, 6.07) is 3.90. The summed E-state index contributed by atoms with van der Waals surface area (Å²) in [5.74, 6) is 1.57. The monoisotopic (exact) mass is 359 g/mol. The van der Waals surface area contributed by atoms with Crippen LogP contribution in [0.2, 0.25) is 0 Å². The van der Waals surface area contributed by atoms with E-state index in [2.05, 4.69) is 35.1 Å². The highest BCUT2D eigenvalue weighted by atomic mass is 79.9. The van der Waals surface area contributed by atoms with Crippen LogP contribution in [0.15, 0.2) is 16.6 Å². The zero-order valence-electron chi connectivity index (χ0n) is 13.4. The van der Waals surface area contributed by atoms with E-state index < -0.39 is 0 Å². The number of hydrogen-bond donors (Lipinski definition) is 1.